The van der Waals surface area contributed by atoms with Gasteiger partial charge in [-0.05, 0) is 153 Å². The summed E-state index contributed by atoms with van der Waals surface area (Å²) in [5.41, 5.74) is -25.8. The number of carbonyl (C=O) groups excluding carboxylic acids is 7. The Balaban J connectivity index is 0.00000148. The van der Waals surface area contributed by atoms with Crippen molar-refractivity contribution in [2.45, 2.75) is 368 Å². The van der Waals surface area contributed by atoms with Crippen molar-refractivity contribution < 1.29 is 187 Å². The molecule has 3 unspecified atom stereocenters. The minimum atomic E-state index is -6.06. The van der Waals surface area contributed by atoms with Crippen molar-refractivity contribution in [1.82, 2.24) is 4.90 Å². The van der Waals surface area contributed by atoms with E-state index in [9.17, 15) is 149 Å². The molecule has 1 heterocycles. The Hall–Kier alpha value is -5.55. The van der Waals surface area contributed by atoms with Crippen molar-refractivity contribution >= 4 is 41.8 Å². The average molecular weight is 1790 g/mol. The molecule has 5 aliphatic rings. The van der Waals surface area contributed by atoms with E-state index in [2.05, 4.69) is 21.3 Å². The first-order valence-corrected chi connectivity index (χ1v) is 39.0. The maximum Gasteiger partial charge on any atom is 0.490 e. The molecule has 0 aromatic rings. The number of hydrogen-bond donors (Lipinski definition) is 2. The molecule has 1 saturated heterocycles. The smallest absolute Gasteiger partial charge is 0.464 e. The molecule has 2 N–H and O–H groups in total. The first kappa shape index (κ1) is 113. The molecule has 18 nitrogen and oxygen atoms in total. The molecule has 702 valence electrons. The van der Waals surface area contributed by atoms with E-state index in [1.54, 1.807) is 48.5 Å². The van der Waals surface area contributed by atoms with Crippen molar-refractivity contribution in [1.29, 1.82) is 0 Å². The molecule has 0 aromatic carbocycles. The summed E-state index contributed by atoms with van der Waals surface area (Å²) in [6, 6.07) is 0. The van der Waals surface area contributed by atoms with E-state index in [0.29, 0.717) is 53.6 Å². The van der Waals surface area contributed by atoms with Crippen LogP contribution in [-0.2, 0) is 71.5 Å². The van der Waals surface area contributed by atoms with Crippen molar-refractivity contribution in [3.05, 3.63) is 0 Å². The number of rotatable bonds is 33. The van der Waals surface area contributed by atoms with E-state index in [1.165, 1.54) is 93.4 Å². The van der Waals surface area contributed by atoms with Crippen LogP contribution in [0, 0.1) is 39.4 Å². The van der Waals surface area contributed by atoms with Crippen LogP contribution in [0.3, 0.4) is 0 Å². The molecule has 4 bridgehead atoms. The summed E-state index contributed by atoms with van der Waals surface area (Å²) in [4.78, 5) is 85.4. The number of ether oxygens (including phenoxy) is 8. The van der Waals surface area contributed by atoms with E-state index in [1.807, 2.05) is 0 Å². The lowest BCUT2D eigenvalue weighted by molar-refractivity contribution is -0.408. The second-order valence-electron chi connectivity index (χ2n) is 34.8. The lowest BCUT2D eigenvalue weighted by Gasteiger charge is -2.63. The number of hydrogen-bond acceptors (Lipinski definition) is 18. The van der Waals surface area contributed by atoms with Gasteiger partial charge in [-0.2, -0.15) is 105 Å². The monoisotopic (exact) mass is 1790 g/mol. The van der Waals surface area contributed by atoms with Crippen LogP contribution in [0.15, 0.2) is 0 Å². The lowest BCUT2D eigenvalue weighted by Crippen LogP contribution is -2.70. The number of morpholine rings is 1. The zero-order chi connectivity index (χ0) is 93.9. The van der Waals surface area contributed by atoms with Gasteiger partial charge in [0.05, 0.1) is 34.9 Å². The second kappa shape index (κ2) is 42.9. The van der Waals surface area contributed by atoms with Gasteiger partial charge in [0.25, 0.3) is 11.2 Å². The number of aliphatic hydroxyl groups is 2. The van der Waals surface area contributed by atoms with E-state index in [0.717, 1.165) is 45.7 Å². The Kier molecular flexibility index (Phi) is 40.9. The topological polar surface area (TPSA) is 237 Å². The fourth-order valence-electron chi connectivity index (χ4n) is 13.1. The predicted octanol–water partition coefficient (Wildman–Crippen LogP) is 20.9. The molecule has 4 saturated carbocycles. The Bertz CT molecular complexity index is 3110. The molecule has 0 amide bonds. The van der Waals surface area contributed by atoms with Crippen LogP contribution in [0.1, 0.15) is 273 Å². The number of unbranched alkanes of at least 4 members (excludes halogenated alkanes) is 8. The SMILES string of the molecule is CCC(C)(C)C(=O)OC(C)(C)C(C(F)(F)F)C(F)(F)F.CCC(C)(C)C(=O)OC(C)(C)C(O)(C(F)(F)F)C(F)(F)F.CCC(C)(C)C(=O)OC(CC(C)C)CC(O)(C(F)(F)F)C(F)(F)F.CCC(C)(C)C(=O)OC12CC3CC(OC(=O)C(F)(F)F)(CC(OC(=O)C(F)(F)F)(C3)C1)C2.CCCCCCCCCCCC(=O)OCCN1CCOCC1. The first-order valence-electron chi connectivity index (χ1n) is 39.0. The molecule has 3 atom stereocenters. The number of carbonyl (C=O) groups is 7. The van der Waals surface area contributed by atoms with Crippen LogP contribution in [0.2, 0.25) is 0 Å². The zero-order valence-electron chi connectivity index (χ0n) is 70.6. The molecular weight excluding hydrogens is 1670 g/mol. The van der Waals surface area contributed by atoms with Gasteiger partial charge in [-0.1, -0.05) is 99.8 Å². The van der Waals surface area contributed by atoms with Gasteiger partial charge in [0.2, 0.25) is 0 Å². The maximum atomic E-state index is 12.9. The second-order valence-corrected chi connectivity index (χ2v) is 34.8. The summed E-state index contributed by atoms with van der Waals surface area (Å²) < 4.78 is 346. The normalized spacial score (nSPS) is 20.4. The summed E-state index contributed by atoms with van der Waals surface area (Å²) in [6.45, 7) is 30.2. The molecule has 4 aliphatic carbocycles. The van der Waals surface area contributed by atoms with E-state index < -0.39 is 177 Å². The highest BCUT2D eigenvalue weighted by atomic mass is 19.4. The standard InChI is InChI=1S/C20H24F6O6.C18H35NO3.C15H24F6O3.C12H18F6O3.C12H18F6O2/c1-4-15(2,3)12(27)30-16-5-11-6-17(8-16,31-13(28)19(21,22)23)10-18(7-11,9-16)32-14(29)20(24,25)26;1-2-3-4-5-6-7-8-9-10-11-18(20)22-17-14-19-12-15-21-16-13-19;1-6-12(4,5)11(22)24-10(7-9(2)3)8-13(23,14(16,17)18)15(19,20)21;1-6-8(2,3)7(19)21-9(4,5)10(20,11(13,14)15)12(16,17)18;1-6-9(2,3)8(19)20-10(4,5)7(11(13,14)15)12(16,17)18/h11H,4-10H2,1-3H3;2-17H2,1H3;9-10,23H,6-8H2,1-5H3;20H,6H2,1-5H3;7H,6H2,1-5H3. The summed E-state index contributed by atoms with van der Waals surface area (Å²) in [6.07, 6.45) is -37.5. The summed E-state index contributed by atoms with van der Waals surface area (Å²) >= 11 is 0. The van der Waals surface area contributed by atoms with Gasteiger partial charge in [-0.15, -0.1) is 0 Å². The molecule has 0 spiro atoms. The minimum absolute atomic E-state index is 0.0313. The summed E-state index contributed by atoms with van der Waals surface area (Å²) in [7, 11) is 0. The van der Waals surface area contributed by atoms with Crippen molar-refractivity contribution in [2.75, 3.05) is 39.5 Å². The number of halogens is 24. The molecule has 0 aromatic heterocycles. The first-order chi connectivity index (χ1) is 53.1. The third-order valence-electron chi connectivity index (χ3n) is 21.5. The Morgan fingerprint density at radius 1 is 0.445 bits per heavy atom. The van der Waals surface area contributed by atoms with Crippen LogP contribution in [-0.4, -0.2) is 191 Å². The van der Waals surface area contributed by atoms with Crippen LogP contribution in [0.5, 0.6) is 0 Å². The van der Waals surface area contributed by atoms with Crippen LogP contribution in [0.25, 0.3) is 0 Å². The highest BCUT2D eigenvalue weighted by Crippen LogP contribution is 2.64. The van der Waals surface area contributed by atoms with Crippen LogP contribution < -0.4 is 0 Å². The minimum Gasteiger partial charge on any atom is -0.464 e. The van der Waals surface area contributed by atoms with Gasteiger partial charge in [-0.3, -0.25) is 28.9 Å². The van der Waals surface area contributed by atoms with E-state index in [4.69, 9.17) is 28.4 Å². The highest BCUT2D eigenvalue weighted by Gasteiger charge is 2.79. The number of alkyl halides is 24. The summed E-state index contributed by atoms with van der Waals surface area (Å²) in [5.74, 6) is -13.6. The summed E-state index contributed by atoms with van der Waals surface area (Å²) in [5, 5.41) is 18.6. The van der Waals surface area contributed by atoms with E-state index in [-0.39, 0.29) is 63.3 Å². The Morgan fingerprint density at radius 2 is 0.782 bits per heavy atom. The van der Waals surface area contributed by atoms with Gasteiger partial charge in [0.1, 0.15) is 35.1 Å². The maximum absolute atomic E-state index is 12.9. The zero-order valence-corrected chi connectivity index (χ0v) is 70.6. The molecular formula is C77H119F24NO17. The third-order valence-corrected chi connectivity index (χ3v) is 21.5. The number of nitrogens with zero attached hydrogens (tertiary/aromatic N) is 1. The Labute approximate surface area is 678 Å². The lowest BCUT2D eigenvalue weighted by atomic mass is 9.50. The van der Waals surface area contributed by atoms with E-state index >= 15 is 0 Å². The molecule has 5 fully saturated rings. The van der Waals surface area contributed by atoms with Gasteiger partial charge >= 0.3 is 91.2 Å². The van der Waals surface area contributed by atoms with Gasteiger partial charge in [0.15, 0.2) is 11.5 Å². The fourth-order valence-corrected chi connectivity index (χ4v) is 13.1. The molecule has 0 radical (unpaired) electrons. The quantitative estimate of drug-likeness (QED) is 0.0269. The highest BCUT2D eigenvalue weighted by molar-refractivity contribution is 5.79. The van der Waals surface area contributed by atoms with Crippen LogP contribution in [0.4, 0.5) is 105 Å². The molecule has 42 heteroatoms. The molecule has 5 rings (SSSR count). The Morgan fingerprint density at radius 3 is 1.11 bits per heavy atom. The van der Waals surface area contributed by atoms with Crippen molar-refractivity contribution in [2.24, 2.45) is 39.4 Å². The molecule has 1 aliphatic heterocycles. The molecule has 119 heavy (non-hydrogen) atoms. The predicted molar refractivity (Wildman–Crippen MR) is 380 cm³/mol. The van der Waals surface area contributed by atoms with Gasteiger partial charge < -0.3 is 48.1 Å². The number of esters is 7. The van der Waals surface area contributed by atoms with Crippen molar-refractivity contribution in [3.63, 3.8) is 0 Å². The largest absolute Gasteiger partial charge is 0.490 e. The van der Waals surface area contributed by atoms with Crippen LogP contribution >= 0.6 is 0 Å². The van der Waals surface area contributed by atoms with Crippen molar-refractivity contribution in [3.8, 4) is 0 Å². The third kappa shape index (κ3) is 33.8. The average Bonchev–Trinajstić information content (AvgIpc) is 0.698. The van der Waals surface area contributed by atoms with Gasteiger partial charge in [-0.25, -0.2) is 9.59 Å². The van der Waals surface area contributed by atoms with Gasteiger partial charge in [0, 0.05) is 51.7 Å². The fraction of sp³-hybridized carbons (Fsp3) is 0.909.